The van der Waals surface area contributed by atoms with Crippen LogP contribution in [0.25, 0.3) is 0 Å². The highest BCUT2D eigenvalue weighted by molar-refractivity contribution is 5.98. The van der Waals surface area contributed by atoms with Gasteiger partial charge in [-0.05, 0) is 68.9 Å². The topological polar surface area (TPSA) is 61.4 Å². The molecular weight excluding hydrogens is 314 g/mol. The smallest absolute Gasteiger partial charge is 0.251 e. The number of amides is 2. The maximum Gasteiger partial charge on any atom is 0.251 e. The monoisotopic (exact) mass is 343 g/mol. The van der Waals surface area contributed by atoms with Crippen molar-refractivity contribution < 1.29 is 9.59 Å². The van der Waals surface area contributed by atoms with Crippen LogP contribution in [0, 0.1) is 17.8 Å². The molecule has 2 amide bonds. The second kappa shape index (κ2) is 8.00. The van der Waals surface area contributed by atoms with E-state index in [1.807, 2.05) is 12.1 Å². The Balaban J connectivity index is 1.48. The van der Waals surface area contributed by atoms with Crippen LogP contribution in [0.3, 0.4) is 0 Å². The van der Waals surface area contributed by atoms with Crippen LogP contribution in [0.1, 0.15) is 43.5 Å². The number of nitrogens with one attached hydrogen (secondary N) is 2. The minimum Gasteiger partial charge on any atom is -0.352 e. The molecule has 2 atom stereocenters. The van der Waals surface area contributed by atoms with E-state index in [1.165, 1.54) is 0 Å². The van der Waals surface area contributed by atoms with Crippen molar-refractivity contribution in [2.75, 3.05) is 31.5 Å². The van der Waals surface area contributed by atoms with Gasteiger partial charge in [-0.15, -0.1) is 0 Å². The summed E-state index contributed by atoms with van der Waals surface area (Å²) in [5.74, 6) is 1.17. The van der Waals surface area contributed by atoms with Crippen molar-refractivity contribution in [3.05, 3.63) is 29.8 Å². The Morgan fingerprint density at radius 3 is 2.60 bits per heavy atom. The molecule has 1 saturated heterocycles. The lowest BCUT2D eigenvalue weighted by atomic mass is 9.96. The van der Waals surface area contributed by atoms with Gasteiger partial charge < -0.3 is 15.5 Å². The highest BCUT2D eigenvalue weighted by atomic mass is 16.2. The number of rotatable bonds is 6. The van der Waals surface area contributed by atoms with Crippen molar-refractivity contribution in [1.82, 2.24) is 10.2 Å². The number of nitrogens with zero attached hydrogens (tertiary/aromatic N) is 1. The zero-order valence-corrected chi connectivity index (χ0v) is 15.3. The Kier molecular flexibility index (Phi) is 5.74. The first kappa shape index (κ1) is 17.9. The maximum atomic E-state index is 12.4. The number of piperidine rings is 1. The Hall–Kier alpha value is -1.88. The number of hydrogen-bond acceptors (Lipinski definition) is 3. The number of likely N-dealkylation sites (tertiary alicyclic amines) is 1. The molecule has 5 nitrogen and oxygen atoms in total. The summed E-state index contributed by atoms with van der Waals surface area (Å²) in [6.45, 7) is 8.36. The molecule has 2 fully saturated rings. The second-order valence-electron chi connectivity index (χ2n) is 7.48. The number of benzene rings is 1. The van der Waals surface area contributed by atoms with Gasteiger partial charge in [-0.25, -0.2) is 0 Å². The molecule has 2 aliphatic rings. The molecule has 1 aliphatic heterocycles. The molecule has 1 saturated carbocycles. The van der Waals surface area contributed by atoms with E-state index in [4.69, 9.17) is 0 Å². The minimum atomic E-state index is -0.0613. The van der Waals surface area contributed by atoms with Crippen LogP contribution < -0.4 is 10.6 Å². The average Bonchev–Trinajstić information content (AvgIpc) is 3.37. The van der Waals surface area contributed by atoms with E-state index < -0.39 is 0 Å². The number of carbonyl (C=O) groups is 2. The highest BCUT2D eigenvalue weighted by Gasteiger charge is 2.39. The van der Waals surface area contributed by atoms with E-state index in [2.05, 4.69) is 29.4 Å². The molecule has 136 valence electrons. The van der Waals surface area contributed by atoms with E-state index in [1.54, 1.807) is 12.1 Å². The first-order chi connectivity index (χ1) is 12.1. The molecule has 2 N–H and O–H groups in total. The van der Waals surface area contributed by atoms with Crippen molar-refractivity contribution in [2.24, 2.45) is 17.8 Å². The highest BCUT2D eigenvalue weighted by Crippen LogP contribution is 2.38. The Bertz CT molecular complexity index is 623. The first-order valence-corrected chi connectivity index (χ1v) is 9.48. The molecule has 5 heteroatoms. The summed E-state index contributed by atoms with van der Waals surface area (Å²) in [6.07, 6.45) is 3.25. The lowest BCUT2D eigenvalue weighted by Gasteiger charge is -2.31. The molecule has 0 spiro atoms. The van der Waals surface area contributed by atoms with Crippen molar-refractivity contribution >= 4 is 17.5 Å². The third-order valence-corrected chi connectivity index (χ3v) is 5.54. The summed E-state index contributed by atoms with van der Waals surface area (Å²) in [7, 11) is 0. The Labute approximate surface area is 150 Å². The standard InChI is InChI=1S/C20H29N3O2/c1-3-23-9-7-15(8-10-23)13-21-19(24)16-5-4-6-17(12-16)22-20(25)18-11-14(18)2/h4-6,12,14-15,18H,3,7-11,13H2,1-2H3,(H,21,24)(H,22,25). The second-order valence-corrected chi connectivity index (χ2v) is 7.48. The summed E-state index contributed by atoms with van der Waals surface area (Å²) in [4.78, 5) is 26.9. The zero-order chi connectivity index (χ0) is 17.8. The Morgan fingerprint density at radius 2 is 1.96 bits per heavy atom. The van der Waals surface area contributed by atoms with E-state index in [-0.39, 0.29) is 17.7 Å². The van der Waals surface area contributed by atoms with E-state index in [9.17, 15) is 9.59 Å². The van der Waals surface area contributed by atoms with E-state index >= 15 is 0 Å². The first-order valence-electron chi connectivity index (χ1n) is 9.48. The minimum absolute atomic E-state index is 0.0613. The largest absolute Gasteiger partial charge is 0.352 e. The van der Waals surface area contributed by atoms with Gasteiger partial charge in [0.1, 0.15) is 0 Å². The fraction of sp³-hybridized carbons (Fsp3) is 0.600. The average molecular weight is 343 g/mol. The molecule has 1 aliphatic carbocycles. The van der Waals surface area contributed by atoms with Crippen LogP contribution in [0.2, 0.25) is 0 Å². The maximum absolute atomic E-state index is 12.4. The van der Waals surface area contributed by atoms with Crippen LogP contribution in [0.15, 0.2) is 24.3 Å². The summed E-state index contributed by atoms with van der Waals surface area (Å²) >= 11 is 0. The van der Waals surface area contributed by atoms with Gasteiger partial charge in [-0.3, -0.25) is 9.59 Å². The molecule has 25 heavy (non-hydrogen) atoms. The third-order valence-electron chi connectivity index (χ3n) is 5.54. The van der Waals surface area contributed by atoms with Crippen LogP contribution in [0.4, 0.5) is 5.69 Å². The lowest BCUT2D eigenvalue weighted by Crippen LogP contribution is -2.38. The summed E-state index contributed by atoms with van der Waals surface area (Å²) in [6, 6.07) is 7.22. The van der Waals surface area contributed by atoms with Crippen LogP contribution in [-0.2, 0) is 4.79 Å². The van der Waals surface area contributed by atoms with Gasteiger partial charge in [0, 0.05) is 23.7 Å². The molecule has 1 aromatic carbocycles. The molecular formula is C20H29N3O2. The zero-order valence-electron chi connectivity index (χ0n) is 15.3. The molecule has 0 aromatic heterocycles. The molecule has 1 heterocycles. The number of carbonyl (C=O) groups excluding carboxylic acids is 2. The van der Waals surface area contributed by atoms with Gasteiger partial charge in [0.2, 0.25) is 5.91 Å². The van der Waals surface area contributed by atoms with E-state index in [0.29, 0.717) is 23.1 Å². The molecule has 1 aromatic rings. The van der Waals surface area contributed by atoms with Gasteiger partial charge in [-0.2, -0.15) is 0 Å². The molecule has 2 unspecified atom stereocenters. The fourth-order valence-corrected chi connectivity index (χ4v) is 3.51. The number of anilines is 1. The van der Waals surface area contributed by atoms with Gasteiger partial charge in [0.25, 0.3) is 5.91 Å². The van der Waals surface area contributed by atoms with Crippen LogP contribution in [-0.4, -0.2) is 42.9 Å². The molecule has 0 radical (unpaired) electrons. The SMILES string of the molecule is CCN1CCC(CNC(=O)c2cccc(NC(=O)C3CC3C)c2)CC1. The normalized spacial score (nSPS) is 23.9. The summed E-state index contributed by atoms with van der Waals surface area (Å²) in [5.41, 5.74) is 1.31. The predicted octanol–water partition coefficient (Wildman–Crippen LogP) is 2.74. The summed E-state index contributed by atoms with van der Waals surface area (Å²) in [5, 5.41) is 5.98. The fourth-order valence-electron chi connectivity index (χ4n) is 3.51. The van der Waals surface area contributed by atoms with Gasteiger partial charge in [0.15, 0.2) is 0 Å². The van der Waals surface area contributed by atoms with Crippen molar-refractivity contribution in [3.63, 3.8) is 0 Å². The third kappa shape index (κ3) is 4.82. The van der Waals surface area contributed by atoms with Gasteiger partial charge in [-0.1, -0.05) is 19.9 Å². The van der Waals surface area contributed by atoms with Crippen molar-refractivity contribution in [2.45, 2.75) is 33.1 Å². The van der Waals surface area contributed by atoms with Crippen molar-refractivity contribution in [3.8, 4) is 0 Å². The lowest BCUT2D eigenvalue weighted by molar-refractivity contribution is -0.117. The quantitative estimate of drug-likeness (QED) is 0.835. The van der Waals surface area contributed by atoms with Crippen LogP contribution in [0.5, 0.6) is 0 Å². The summed E-state index contributed by atoms with van der Waals surface area (Å²) < 4.78 is 0. The van der Waals surface area contributed by atoms with Crippen LogP contribution >= 0.6 is 0 Å². The number of hydrogen-bond donors (Lipinski definition) is 2. The van der Waals surface area contributed by atoms with E-state index in [0.717, 1.165) is 45.4 Å². The van der Waals surface area contributed by atoms with Gasteiger partial charge >= 0.3 is 0 Å². The molecule has 0 bridgehead atoms. The van der Waals surface area contributed by atoms with Crippen molar-refractivity contribution in [1.29, 1.82) is 0 Å². The van der Waals surface area contributed by atoms with Gasteiger partial charge in [0.05, 0.1) is 0 Å². The molecule has 3 rings (SSSR count). The Morgan fingerprint density at radius 1 is 1.24 bits per heavy atom. The predicted molar refractivity (Wildman–Crippen MR) is 99.5 cm³/mol.